The van der Waals surface area contributed by atoms with Gasteiger partial charge in [-0.05, 0) is 94.7 Å². The lowest BCUT2D eigenvalue weighted by atomic mass is 9.83. The number of rotatable bonds is 24. The Bertz CT molecular complexity index is 3130. The van der Waals surface area contributed by atoms with Crippen LogP contribution in [0.1, 0.15) is 122 Å². The number of urea groups is 1. The maximum absolute atomic E-state index is 14.5. The molecule has 3 fully saturated rings. The molecular weight excluding hydrogens is 1220 g/mol. The number of hydrogen-bond acceptors (Lipinski definition) is 19. The van der Waals surface area contributed by atoms with Crippen molar-refractivity contribution in [1.82, 2.24) is 31.2 Å². The van der Waals surface area contributed by atoms with Gasteiger partial charge in [-0.15, -0.1) is 5.06 Å². The third-order valence-electron chi connectivity index (χ3n) is 16.7. The molecule has 27 nitrogen and oxygen atoms in total. The summed E-state index contributed by atoms with van der Waals surface area (Å²) in [5.41, 5.74) is 2.33. The minimum absolute atomic E-state index is 0.0592. The number of imide groups is 1. The summed E-state index contributed by atoms with van der Waals surface area (Å²) in [5, 5.41) is 25.9. The van der Waals surface area contributed by atoms with Crippen LogP contribution in [0.4, 0.5) is 21.0 Å². The van der Waals surface area contributed by atoms with Crippen LogP contribution in [-0.2, 0) is 68.6 Å². The molecule has 0 saturated carbocycles. The predicted molar refractivity (Wildman–Crippen MR) is 326 cm³/mol. The summed E-state index contributed by atoms with van der Waals surface area (Å²) in [4.78, 5) is 151. The lowest BCUT2D eigenvalue weighted by Crippen LogP contribution is -2.63. The van der Waals surface area contributed by atoms with Crippen LogP contribution >= 0.6 is 23.2 Å². The van der Waals surface area contributed by atoms with Gasteiger partial charge in [0.25, 0.3) is 17.7 Å². The second-order valence-electron chi connectivity index (χ2n) is 23.5. The number of anilines is 2. The third kappa shape index (κ3) is 17.6. The van der Waals surface area contributed by atoms with Gasteiger partial charge < -0.3 is 75.2 Å². The number of epoxide rings is 1. The number of carbonyl (C=O) groups is 11. The first-order valence-corrected chi connectivity index (χ1v) is 30.2. The zero-order chi connectivity index (χ0) is 66.6. The fraction of sp³-hybridized carbons (Fsp3) is 0.557. The molecule has 0 aromatic heterocycles. The Balaban J connectivity index is 1.16. The molecule has 90 heavy (non-hydrogen) atoms. The largest absolute Gasteiger partial charge is 0.495 e. The van der Waals surface area contributed by atoms with E-state index in [2.05, 4.69) is 26.6 Å². The molecule has 0 aliphatic carbocycles. The van der Waals surface area contributed by atoms with E-state index in [0.717, 1.165) is 16.0 Å². The number of allylic oxidation sites excluding steroid dienone is 3. The fourth-order valence-corrected chi connectivity index (χ4v) is 11.4. The lowest BCUT2D eigenvalue weighted by molar-refractivity contribution is -0.197. The molecular formula is C61H81Cl2N9O18. The number of amides is 9. The van der Waals surface area contributed by atoms with E-state index in [1.54, 1.807) is 52.0 Å². The number of likely N-dealkylation sites (N-methyl/N-ethyl adjacent to an activating group) is 1. The van der Waals surface area contributed by atoms with Crippen LogP contribution in [0.5, 0.6) is 5.75 Å². The Morgan fingerprint density at radius 2 is 1.69 bits per heavy atom. The van der Waals surface area contributed by atoms with Gasteiger partial charge in [0.05, 0.1) is 41.9 Å². The Kier molecular flexibility index (Phi) is 24.5. The molecule has 29 heteroatoms. The molecule has 0 radical (unpaired) electrons. The third-order valence-corrected chi connectivity index (χ3v) is 17.4. The smallest absolute Gasteiger partial charge is 0.409 e. The average molecular weight is 1300 g/mol. The van der Waals surface area contributed by atoms with E-state index >= 15 is 0 Å². The number of esters is 1. The van der Waals surface area contributed by atoms with Gasteiger partial charge in [0.15, 0.2) is 5.72 Å². The second kappa shape index (κ2) is 30.9. The zero-order valence-corrected chi connectivity index (χ0v) is 53.6. The minimum Gasteiger partial charge on any atom is -0.495 e. The van der Waals surface area contributed by atoms with Gasteiger partial charge in [0.1, 0.15) is 52.6 Å². The quantitative estimate of drug-likeness (QED) is 0.0246. The number of nitrogens with two attached hydrogens (primary N) is 1. The number of aldehydes is 1. The highest BCUT2D eigenvalue weighted by Gasteiger charge is 2.64. The summed E-state index contributed by atoms with van der Waals surface area (Å²) in [5.74, 6) is -6.35. The first-order valence-electron chi connectivity index (χ1n) is 29.5. The zero-order valence-electron chi connectivity index (χ0n) is 52.1. The van der Waals surface area contributed by atoms with Crippen LogP contribution in [0.3, 0.4) is 0 Å². The number of fused-ring (bicyclic) bond motifs is 5. The number of hydroxylamine groups is 2. The summed E-state index contributed by atoms with van der Waals surface area (Å²) in [6.07, 6.45) is 0.615. The van der Waals surface area contributed by atoms with Gasteiger partial charge in [-0.3, -0.25) is 34.1 Å². The minimum atomic E-state index is -1.93. The summed E-state index contributed by atoms with van der Waals surface area (Å²) >= 11 is 13.6. The highest BCUT2D eigenvalue weighted by atomic mass is 35.5. The van der Waals surface area contributed by atoms with Gasteiger partial charge in [0.2, 0.25) is 17.7 Å². The lowest BCUT2D eigenvalue weighted by Gasteiger charge is -2.42. The molecule has 0 spiro atoms. The maximum Gasteiger partial charge on any atom is 0.409 e. The van der Waals surface area contributed by atoms with E-state index in [1.807, 2.05) is 13.0 Å². The molecule has 9 amide bonds. The fourth-order valence-electron chi connectivity index (χ4n) is 10.8. The predicted octanol–water partition coefficient (Wildman–Crippen LogP) is 4.70. The second-order valence-corrected chi connectivity index (χ2v) is 24.3. The highest BCUT2D eigenvalue weighted by Crippen LogP contribution is 2.49. The van der Waals surface area contributed by atoms with Crippen LogP contribution in [0.15, 0.2) is 54.1 Å². The number of unbranched alkanes of at least 4 members (excludes halogenated alkanes) is 1. The molecule has 2 aromatic carbocycles. The molecule has 8 N–H and O–H groups in total. The van der Waals surface area contributed by atoms with Crippen LogP contribution in [-0.4, -0.2) is 176 Å². The number of halogens is 2. The molecule has 3 saturated heterocycles. The van der Waals surface area contributed by atoms with Gasteiger partial charge >= 0.3 is 24.1 Å². The summed E-state index contributed by atoms with van der Waals surface area (Å²) < 4.78 is 29.5. The average Bonchev–Trinajstić information content (AvgIpc) is 1.58. The number of aliphatic hydroxyl groups is 1. The van der Waals surface area contributed by atoms with E-state index in [0.29, 0.717) is 29.2 Å². The van der Waals surface area contributed by atoms with E-state index in [4.69, 9.17) is 57.5 Å². The summed E-state index contributed by atoms with van der Waals surface area (Å²) in [6, 6.07) is 4.33. The molecule has 492 valence electrons. The Hall–Kier alpha value is -7.69. The normalized spacial score (nSPS) is 25.0. The van der Waals surface area contributed by atoms with Crippen molar-refractivity contribution in [3.05, 3.63) is 75.3 Å². The van der Waals surface area contributed by atoms with E-state index in [-0.39, 0.29) is 92.2 Å². The van der Waals surface area contributed by atoms with Crippen molar-refractivity contribution in [1.29, 1.82) is 0 Å². The van der Waals surface area contributed by atoms with Crippen molar-refractivity contribution in [3.8, 4) is 5.75 Å². The van der Waals surface area contributed by atoms with Crippen LogP contribution in [0, 0.1) is 11.8 Å². The van der Waals surface area contributed by atoms with Crippen molar-refractivity contribution in [2.24, 2.45) is 17.6 Å². The van der Waals surface area contributed by atoms with Crippen LogP contribution in [0.2, 0.25) is 10.0 Å². The molecule has 4 aliphatic rings. The number of nitrogens with zero attached hydrogens (tertiary/aromatic N) is 3. The number of carbonyl (C=O) groups excluding carboxylic acids is 11. The molecule has 4 bridgehead atoms. The van der Waals surface area contributed by atoms with Crippen LogP contribution < -0.4 is 42.0 Å². The standard InChI is InChI=1S/C61H81Cl2N9O18/c1-33(2)60(32-73,68-47(74)18-11-12-19-51(78)90-72-48(75)22-23-49(72)76)31-66-41(16-14-24-65-57(64)82)54(79)67-38-20-21-39(40(62)28-38)55(80)70(7)36(5)56(81)88-46-29-50(77)71(8)42-26-37(27-43(85-9)52(42)63)25-34(3)15-13-17-45(86-10)61(84)30-44(87-58(83)69-61)35(4)53-59(46,6)89-53/h13,15,17,20-21,26-28,32-33,35-36,41,44-46,53,66,84H,11-12,14,16,18-19,22-25,29-31H2,1-10H3,(H,67,79)(H,68,74)(H,69,83)(H3,64,65,82)/b17-13+,34-15+/t35-,36+,41+,44+,45-,46+,53+,59+,60-,61+/m1/s1. The van der Waals surface area contributed by atoms with E-state index in [1.165, 1.54) is 58.3 Å². The van der Waals surface area contributed by atoms with Gasteiger partial charge in [0, 0.05) is 78.0 Å². The Morgan fingerprint density at radius 1 is 1.00 bits per heavy atom. The van der Waals surface area contributed by atoms with Crippen molar-refractivity contribution < 1.29 is 86.4 Å². The highest BCUT2D eigenvalue weighted by molar-refractivity contribution is 6.35. The van der Waals surface area contributed by atoms with Gasteiger partial charge in [-0.25, -0.2) is 19.2 Å². The van der Waals surface area contributed by atoms with Gasteiger partial charge in [-0.1, -0.05) is 67.8 Å². The first-order chi connectivity index (χ1) is 42.4. The topological polar surface area (TPSA) is 363 Å². The van der Waals surface area contributed by atoms with E-state index in [9.17, 15) is 57.8 Å². The van der Waals surface area contributed by atoms with Crippen molar-refractivity contribution in [2.75, 3.05) is 51.6 Å². The molecule has 10 atom stereocenters. The number of methoxy groups -OCH3 is 2. The summed E-state index contributed by atoms with van der Waals surface area (Å²) in [6.45, 7) is 9.89. The van der Waals surface area contributed by atoms with Gasteiger partial charge in [-0.2, -0.15) is 0 Å². The molecule has 4 heterocycles. The Labute approximate surface area is 531 Å². The van der Waals surface area contributed by atoms with Crippen molar-refractivity contribution in [2.45, 2.75) is 166 Å². The number of ether oxygens (including phenoxy) is 5. The SMILES string of the molecule is COc1cc2cc(c1Cl)N(C)C(=O)C[C@H](OC(=O)[C@H](C)N(C)C(=O)c1ccc(NC(=O)[C@H](CCCNC(N)=O)NC[C@](C=O)(NC(=O)CCCCC(=O)ON3C(=O)CCC3=O)C(C)C)cc1Cl)[C@]1(C)O[C@H]1[C@H](C)[C@@H]1C[C@@](O)(NC(=O)O1)[C@H](OC)/C=C/C=C(\C)C2. The van der Waals surface area contributed by atoms with Crippen molar-refractivity contribution in [3.63, 3.8) is 0 Å². The number of alkyl carbamates (subject to hydrolysis) is 1. The molecule has 2 aromatic rings. The first kappa shape index (κ1) is 71.4. The number of benzene rings is 2. The molecule has 6 rings (SSSR count). The Morgan fingerprint density at radius 3 is 2.32 bits per heavy atom. The molecule has 0 unspecified atom stereocenters. The van der Waals surface area contributed by atoms with Crippen LogP contribution in [0.25, 0.3) is 0 Å². The van der Waals surface area contributed by atoms with E-state index < -0.39 is 131 Å². The number of hydrogen-bond donors (Lipinski definition) is 7. The monoisotopic (exact) mass is 1300 g/mol. The maximum atomic E-state index is 14.5. The number of nitrogens with one attached hydrogen (secondary N) is 5. The molecule has 4 aliphatic heterocycles. The van der Waals surface area contributed by atoms with Crippen molar-refractivity contribution >= 4 is 100 Å². The summed E-state index contributed by atoms with van der Waals surface area (Å²) in [7, 11) is 5.68. The number of primary amides is 1.